The molecule has 0 fully saturated rings. The molecule has 0 saturated carbocycles. The normalized spacial score (nSPS) is 14.5. The molecule has 2 N–H and O–H groups in total. The van der Waals surface area contributed by atoms with E-state index in [1.165, 1.54) is 6.08 Å². The zero-order valence-electron chi connectivity index (χ0n) is 19.2. The van der Waals surface area contributed by atoms with Gasteiger partial charge in [0, 0.05) is 11.1 Å². The lowest BCUT2D eigenvalue weighted by Crippen LogP contribution is -2.57. The number of hydrogen-bond acceptors (Lipinski definition) is 6. The number of rotatable bonds is 7. The topological polar surface area (TPSA) is 84.9 Å². The summed E-state index contributed by atoms with van der Waals surface area (Å²) in [5.41, 5.74) is -1.87. The SMILES string of the molecule is COC(=O)[C@@](O)(/C=C/c1ccccc1)[C@H](Nc1cccc2ccccc12)C(=O)OC(C)(C)C. The molecule has 6 nitrogen and oxygen atoms in total. The van der Waals surface area contributed by atoms with Crippen LogP contribution in [0.15, 0.2) is 78.9 Å². The first kappa shape index (κ1) is 24.0. The highest BCUT2D eigenvalue weighted by molar-refractivity contribution is 5.99. The standard InChI is InChI=1S/C27H29NO5/c1-26(2,3)33-24(29)23(28-22-16-10-14-20-13-8-9-15-21(20)22)27(31,25(30)32-4)18-17-19-11-6-5-7-12-19/h5-18,23,28,31H,1-4H3/b18-17+/t23-,27-/m1/s1. The number of carbonyl (C=O) groups excluding carboxylic acids is 2. The molecule has 33 heavy (non-hydrogen) atoms. The molecule has 0 bridgehead atoms. The first-order valence-electron chi connectivity index (χ1n) is 10.7. The van der Waals surface area contributed by atoms with Gasteiger partial charge in [0.1, 0.15) is 5.60 Å². The fourth-order valence-electron chi connectivity index (χ4n) is 3.45. The van der Waals surface area contributed by atoms with Gasteiger partial charge in [-0.1, -0.05) is 72.8 Å². The Labute approximate surface area is 193 Å². The molecule has 0 amide bonds. The summed E-state index contributed by atoms with van der Waals surface area (Å²) < 4.78 is 10.5. The van der Waals surface area contributed by atoms with Gasteiger partial charge in [0.05, 0.1) is 7.11 Å². The summed E-state index contributed by atoms with van der Waals surface area (Å²) >= 11 is 0. The monoisotopic (exact) mass is 447 g/mol. The number of methoxy groups -OCH3 is 1. The van der Waals surface area contributed by atoms with E-state index in [1.54, 1.807) is 32.9 Å². The number of hydrogen-bond donors (Lipinski definition) is 2. The molecule has 0 aromatic heterocycles. The third-order valence-corrected chi connectivity index (χ3v) is 5.01. The van der Waals surface area contributed by atoms with Crippen LogP contribution < -0.4 is 5.32 Å². The van der Waals surface area contributed by atoms with Crippen molar-refractivity contribution >= 4 is 34.5 Å². The zero-order chi connectivity index (χ0) is 24.1. The number of nitrogens with one attached hydrogen (secondary N) is 1. The van der Waals surface area contributed by atoms with Gasteiger partial charge in [0.15, 0.2) is 6.04 Å². The van der Waals surface area contributed by atoms with Crippen molar-refractivity contribution in [3.63, 3.8) is 0 Å². The van der Waals surface area contributed by atoms with Crippen molar-refractivity contribution in [1.82, 2.24) is 0 Å². The Hall–Kier alpha value is -3.64. The van der Waals surface area contributed by atoms with Crippen LogP contribution in [0, 0.1) is 0 Å². The Morgan fingerprint density at radius 1 is 0.939 bits per heavy atom. The van der Waals surface area contributed by atoms with E-state index in [1.807, 2.05) is 66.7 Å². The second kappa shape index (κ2) is 9.88. The fourth-order valence-corrected chi connectivity index (χ4v) is 3.45. The molecule has 0 spiro atoms. The molecule has 172 valence electrons. The maximum absolute atomic E-state index is 13.3. The fraction of sp³-hybridized carbons (Fsp3) is 0.259. The second-order valence-corrected chi connectivity index (χ2v) is 8.70. The average molecular weight is 448 g/mol. The van der Waals surface area contributed by atoms with E-state index in [0.717, 1.165) is 23.4 Å². The number of carbonyl (C=O) groups is 2. The minimum absolute atomic E-state index is 0.569. The molecule has 0 heterocycles. The Bertz CT molecular complexity index is 1140. The van der Waals surface area contributed by atoms with E-state index in [0.29, 0.717) is 5.69 Å². The lowest BCUT2D eigenvalue weighted by Gasteiger charge is -2.33. The lowest BCUT2D eigenvalue weighted by atomic mass is 9.91. The molecule has 2 atom stereocenters. The maximum Gasteiger partial charge on any atom is 0.344 e. The lowest BCUT2D eigenvalue weighted by molar-refractivity contribution is -0.171. The molecule has 0 aliphatic carbocycles. The Balaban J connectivity index is 2.11. The van der Waals surface area contributed by atoms with Crippen LogP contribution in [0.3, 0.4) is 0 Å². The van der Waals surface area contributed by atoms with E-state index in [4.69, 9.17) is 9.47 Å². The Morgan fingerprint density at radius 3 is 2.24 bits per heavy atom. The van der Waals surface area contributed by atoms with Gasteiger partial charge in [0.2, 0.25) is 5.60 Å². The minimum atomic E-state index is -2.34. The molecule has 3 aromatic carbocycles. The number of esters is 2. The summed E-state index contributed by atoms with van der Waals surface area (Å²) in [6.45, 7) is 5.16. The van der Waals surface area contributed by atoms with E-state index in [9.17, 15) is 14.7 Å². The highest BCUT2D eigenvalue weighted by atomic mass is 16.6. The summed E-state index contributed by atoms with van der Waals surface area (Å²) in [7, 11) is 1.16. The molecule has 0 aliphatic heterocycles. The largest absolute Gasteiger partial charge is 0.467 e. The van der Waals surface area contributed by atoms with Crippen molar-refractivity contribution in [3.05, 3.63) is 84.4 Å². The number of anilines is 1. The van der Waals surface area contributed by atoms with Crippen LogP contribution in [0.2, 0.25) is 0 Å². The van der Waals surface area contributed by atoms with Crippen molar-refractivity contribution in [2.24, 2.45) is 0 Å². The van der Waals surface area contributed by atoms with Crippen LogP contribution in [0.5, 0.6) is 0 Å². The van der Waals surface area contributed by atoms with Crippen molar-refractivity contribution in [2.45, 2.75) is 38.0 Å². The summed E-state index contributed by atoms with van der Waals surface area (Å²) in [6.07, 6.45) is 2.83. The maximum atomic E-state index is 13.3. The molecular weight excluding hydrogens is 418 g/mol. The number of fused-ring (bicyclic) bond motifs is 1. The van der Waals surface area contributed by atoms with E-state index >= 15 is 0 Å². The molecule has 6 heteroatoms. The molecule has 0 saturated heterocycles. The summed E-state index contributed by atoms with van der Waals surface area (Å²) in [5.74, 6) is -1.78. The number of benzene rings is 3. The zero-order valence-corrected chi connectivity index (χ0v) is 19.2. The summed E-state index contributed by atoms with van der Waals surface area (Å²) in [4.78, 5) is 26.1. The first-order chi connectivity index (χ1) is 15.6. The van der Waals surface area contributed by atoms with Gasteiger partial charge in [-0.15, -0.1) is 0 Å². The Kier molecular flexibility index (Phi) is 7.19. The van der Waals surface area contributed by atoms with Gasteiger partial charge in [-0.3, -0.25) is 0 Å². The molecule has 0 unspecified atom stereocenters. The van der Waals surface area contributed by atoms with Crippen molar-refractivity contribution in [1.29, 1.82) is 0 Å². The van der Waals surface area contributed by atoms with Gasteiger partial charge in [-0.25, -0.2) is 9.59 Å². The minimum Gasteiger partial charge on any atom is -0.467 e. The second-order valence-electron chi connectivity index (χ2n) is 8.70. The number of aliphatic hydroxyl groups is 1. The van der Waals surface area contributed by atoms with Gasteiger partial charge < -0.3 is 19.9 Å². The molecule has 3 rings (SSSR count). The van der Waals surface area contributed by atoms with Gasteiger partial charge >= 0.3 is 11.9 Å². The average Bonchev–Trinajstić information content (AvgIpc) is 2.80. The predicted octanol–water partition coefficient (Wildman–Crippen LogP) is 4.58. The van der Waals surface area contributed by atoms with E-state index in [2.05, 4.69) is 5.32 Å². The first-order valence-corrected chi connectivity index (χ1v) is 10.7. The molecule has 0 radical (unpaired) electrons. The van der Waals surface area contributed by atoms with Gasteiger partial charge in [-0.05, 0) is 43.9 Å². The van der Waals surface area contributed by atoms with Crippen LogP contribution in [0.4, 0.5) is 5.69 Å². The van der Waals surface area contributed by atoms with Gasteiger partial charge in [0.25, 0.3) is 0 Å². The molecule has 0 aliphatic rings. The highest BCUT2D eigenvalue weighted by Gasteiger charge is 2.49. The highest BCUT2D eigenvalue weighted by Crippen LogP contribution is 2.28. The van der Waals surface area contributed by atoms with Crippen molar-refractivity contribution in [2.75, 3.05) is 12.4 Å². The summed E-state index contributed by atoms with van der Waals surface area (Å²) in [6, 6.07) is 20.8. The summed E-state index contributed by atoms with van der Waals surface area (Å²) in [5, 5.41) is 16.4. The van der Waals surface area contributed by atoms with Gasteiger partial charge in [-0.2, -0.15) is 0 Å². The predicted molar refractivity (Wildman–Crippen MR) is 130 cm³/mol. The van der Waals surface area contributed by atoms with Crippen LogP contribution in [0.25, 0.3) is 16.8 Å². The van der Waals surface area contributed by atoms with Crippen LogP contribution in [-0.4, -0.2) is 41.4 Å². The van der Waals surface area contributed by atoms with Crippen molar-refractivity contribution in [3.8, 4) is 0 Å². The van der Waals surface area contributed by atoms with E-state index in [-0.39, 0.29) is 0 Å². The number of ether oxygens (including phenoxy) is 2. The third kappa shape index (κ3) is 5.79. The smallest absolute Gasteiger partial charge is 0.344 e. The molecular formula is C27H29NO5. The van der Waals surface area contributed by atoms with E-state index < -0.39 is 29.2 Å². The van der Waals surface area contributed by atoms with Crippen LogP contribution in [0.1, 0.15) is 26.3 Å². The van der Waals surface area contributed by atoms with Crippen molar-refractivity contribution < 1.29 is 24.2 Å². The Morgan fingerprint density at radius 2 is 1.58 bits per heavy atom. The molecule has 3 aromatic rings. The third-order valence-electron chi connectivity index (χ3n) is 5.01. The van der Waals surface area contributed by atoms with Crippen LogP contribution >= 0.6 is 0 Å². The quantitative estimate of drug-likeness (QED) is 0.516. The van der Waals surface area contributed by atoms with Crippen LogP contribution in [-0.2, 0) is 19.1 Å².